The van der Waals surface area contributed by atoms with Crippen LogP contribution >= 0.6 is 0 Å². The highest BCUT2D eigenvalue weighted by atomic mass is 16.3. The van der Waals surface area contributed by atoms with E-state index in [1.165, 1.54) is 238 Å². The fourth-order valence-electron chi connectivity index (χ4n) is 8.70. The fourth-order valence-corrected chi connectivity index (χ4v) is 8.70. The van der Waals surface area contributed by atoms with Crippen LogP contribution in [0.4, 0.5) is 0 Å². The highest BCUT2D eigenvalue weighted by molar-refractivity contribution is 5.76. The van der Waals surface area contributed by atoms with Crippen LogP contribution in [0.1, 0.15) is 303 Å². The monoisotopic (exact) mass is 834 g/mol. The van der Waals surface area contributed by atoms with Crippen molar-refractivity contribution in [3.05, 3.63) is 12.2 Å². The van der Waals surface area contributed by atoms with Crippen molar-refractivity contribution in [3.8, 4) is 0 Å². The first-order valence-electron chi connectivity index (χ1n) is 27.0. The summed E-state index contributed by atoms with van der Waals surface area (Å²) in [6.45, 7) is 4.21. The smallest absolute Gasteiger partial charge is 0.220 e. The fraction of sp³-hybridized carbons (Fsp3) is 0.944. The maximum Gasteiger partial charge on any atom is 0.220 e. The number of hydrogen-bond acceptors (Lipinski definition) is 4. The highest BCUT2D eigenvalue weighted by Crippen LogP contribution is 2.18. The van der Waals surface area contributed by atoms with Gasteiger partial charge in [-0.3, -0.25) is 4.79 Å². The van der Waals surface area contributed by atoms with Crippen molar-refractivity contribution < 1.29 is 20.1 Å². The third kappa shape index (κ3) is 44.9. The molecule has 0 spiro atoms. The zero-order chi connectivity index (χ0) is 43.0. The van der Waals surface area contributed by atoms with Crippen molar-refractivity contribution in [2.45, 2.75) is 321 Å². The molecule has 0 aliphatic carbocycles. The van der Waals surface area contributed by atoms with Crippen LogP contribution in [-0.2, 0) is 4.79 Å². The molecule has 3 atom stereocenters. The molecule has 59 heavy (non-hydrogen) atoms. The molecule has 0 aromatic carbocycles. The lowest BCUT2D eigenvalue weighted by atomic mass is 10.0. The van der Waals surface area contributed by atoms with Crippen LogP contribution in [0, 0.1) is 0 Å². The molecule has 0 aromatic heterocycles. The highest BCUT2D eigenvalue weighted by Gasteiger charge is 2.26. The molecule has 0 aliphatic heterocycles. The van der Waals surface area contributed by atoms with E-state index in [1.807, 2.05) is 0 Å². The van der Waals surface area contributed by atoms with Crippen molar-refractivity contribution in [2.75, 3.05) is 6.61 Å². The predicted octanol–water partition coefficient (Wildman–Crippen LogP) is 16.3. The van der Waals surface area contributed by atoms with E-state index in [1.54, 1.807) is 0 Å². The minimum atomic E-state index is -1.16. The normalized spacial score (nSPS) is 13.4. The van der Waals surface area contributed by atoms with Crippen LogP contribution < -0.4 is 5.32 Å². The van der Waals surface area contributed by atoms with Gasteiger partial charge in [-0.25, -0.2) is 0 Å². The van der Waals surface area contributed by atoms with Gasteiger partial charge in [0.15, 0.2) is 0 Å². The summed E-state index contributed by atoms with van der Waals surface area (Å²) in [6, 6.07) is -0.822. The molecule has 352 valence electrons. The Kier molecular flexibility index (Phi) is 49.0. The number of unbranched alkanes of at least 4 members (excludes halogenated alkanes) is 40. The summed E-state index contributed by atoms with van der Waals surface area (Å²) >= 11 is 0. The van der Waals surface area contributed by atoms with Gasteiger partial charge in [0.05, 0.1) is 18.8 Å². The summed E-state index contributed by atoms with van der Waals surface area (Å²) in [7, 11) is 0. The number of allylic oxidation sites excluding steroid dienone is 2. The number of aliphatic hydroxyl groups is 3. The Morgan fingerprint density at radius 2 is 0.678 bits per heavy atom. The SMILES string of the molecule is CCCCCCCCCCCCCCCC/C=C/CCCC(O)C(O)C(CO)NC(=O)CCCCCCCCCCCCCCCCCCCCCCCCCCCC. The van der Waals surface area contributed by atoms with E-state index in [0.717, 1.165) is 38.5 Å². The van der Waals surface area contributed by atoms with Crippen LogP contribution in [-0.4, -0.2) is 46.1 Å². The second kappa shape index (κ2) is 49.7. The van der Waals surface area contributed by atoms with Gasteiger partial charge in [-0.2, -0.15) is 0 Å². The summed E-state index contributed by atoms with van der Waals surface area (Å²) < 4.78 is 0. The molecule has 0 rings (SSSR count). The maximum absolute atomic E-state index is 12.5. The maximum atomic E-state index is 12.5. The Morgan fingerprint density at radius 3 is 0.983 bits per heavy atom. The van der Waals surface area contributed by atoms with E-state index < -0.39 is 18.2 Å². The van der Waals surface area contributed by atoms with Gasteiger partial charge in [-0.15, -0.1) is 0 Å². The van der Waals surface area contributed by atoms with Gasteiger partial charge in [0.25, 0.3) is 0 Å². The van der Waals surface area contributed by atoms with Gasteiger partial charge in [0.2, 0.25) is 5.91 Å². The van der Waals surface area contributed by atoms with Crippen LogP contribution in [0.5, 0.6) is 0 Å². The average molecular weight is 834 g/mol. The van der Waals surface area contributed by atoms with Crippen LogP contribution in [0.25, 0.3) is 0 Å². The summed E-state index contributed by atoms with van der Waals surface area (Å²) in [6.07, 6.45) is 60.7. The topological polar surface area (TPSA) is 89.8 Å². The van der Waals surface area contributed by atoms with E-state index in [2.05, 4.69) is 31.3 Å². The third-order valence-corrected chi connectivity index (χ3v) is 12.9. The third-order valence-electron chi connectivity index (χ3n) is 12.9. The number of rotatable bonds is 50. The Morgan fingerprint density at radius 1 is 0.407 bits per heavy atom. The average Bonchev–Trinajstić information content (AvgIpc) is 3.24. The molecule has 0 fully saturated rings. The second-order valence-corrected chi connectivity index (χ2v) is 18.8. The predicted molar refractivity (Wildman–Crippen MR) is 259 cm³/mol. The number of aliphatic hydroxyl groups excluding tert-OH is 3. The molecule has 3 unspecified atom stereocenters. The van der Waals surface area contributed by atoms with Gasteiger partial charge in [-0.05, 0) is 38.5 Å². The first kappa shape index (κ1) is 58.1. The Labute approximate surface area is 369 Å². The Hall–Kier alpha value is -0.910. The molecule has 0 radical (unpaired) electrons. The van der Waals surface area contributed by atoms with E-state index >= 15 is 0 Å². The lowest BCUT2D eigenvalue weighted by Crippen LogP contribution is -2.50. The summed E-state index contributed by atoms with van der Waals surface area (Å²) in [5, 5.41) is 33.7. The lowest BCUT2D eigenvalue weighted by molar-refractivity contribution is -0.124. The van der Waals surface area contributed by atoms with Crippen molar-refractivity contribution in [1.82, 2.24) is 5.32 Å². The Balaban J connectivity index is 3.54. The summed E-state index contributed by atoms with van der Waals surface area (Å²) in [5.74, 6) is -0.147. The molecule has 0 saturated carbocycles. The van der Waals surface area contributed by atoms with Gasteiger partial charge >= 0.3 is 0 Å². The van der Waals surface area contributed by atoms with Crippen molar-refractivity contribution in [1.29, 1.82) is 0 Å². The molecule has 0 heterocycles. The molecule has 1 amide bonds. The quantitative estimate of drug-likeness (QED) is 0.0363. The number of carbonyl (C=O) groups excluding carboxylic acids is 1. The molecule has 5 heteroatoms. The molecule has 0 aliphatic rings. The first-order valence-corrected chi connectivity index (χ1v) is 27.0. The first-order chi connectivity index (χ1) is 29.1. The molecule has 4 N–H and O–H groups in total. The van der Waals surface area contributed by atoms with E-state index in [0.29, 0.717) is 12.8 Å². The van der Waals surface area contributed by atoms with Crippen molar-refractivity contribution in [3.63, 3.8) is 0 Å². The van der Waals surface area contributed by atoms with E-state index in [-0.39, 0.29) is 12.5 Å². The standard InChI is InChI=1S/C54H107NO4/c1-3-5-7-9-11-13-15-17-19-21-23-24-25-26-27-28-29-31-33-35-37-39-41-43-45-47-49-53(58)55-51(50-56)54(59)52(57)48-46-44-42-40-38-36-34-32-30-22-20-18-16-14-12-10-8-6-4-2/h40,42,51-52,54,56-57,59H,3-39,41,43-50H2,1-2H3,(H,55,58)/b42-40+. The van der Waals surface area contributed by atoms with Gasteiger partial charge in [0, 0.05) is 6.42 Å². The van der Waals surface area contributed by atoms with Gasteiger partial charge < -0.3 is 20.6 Å². The second-order valence-electron chi connectivity index (χ2n) is 18.8. The summed E-state index contributed by atoms with van der Waals surface area (Å²) in [4.78, 5) is 12.5. The van der Waals surface area contributed by atoms with E-state index in [9.17, 15) is 20.1 Å². The summed E-state index contributed by atoms with van der Waals surface area (Å²) in [5.41, 5.74) is 0. The van der Waals surface area contributed by atoms with Crippen LogP contribution in [0.2, 0.25) is 0 Å². The number of hydrogen-bond donors (Lipinski definition) is 4. The largest absolute Gasteiger partial charge is 0.394 e. The molecular formula is C54H107NO4. The molecule has 0 aromatic rings. The van der Waals surface area contributed by atoms with E-state index in [4.69, 9.17) is 0 Å². The minimum absolute atomic E-state index is 0.147. The number of nitrogens with one attached hydrogen (secondary N) is 1. The lowest BCUT2D eigenvalue weighted by Gasteiger charge is -2.26. The van der Waals surface area contributed by atoms with Crippen LogP contribution in [0.3, 0.4) is 0 Å². The Bertz CT molecular complexity index is 833. The minimum Gasteiger partial charge on any atom is -0.394 e. The molecule has 0 saturated heterocycles. The number of amides is 1. The molecule has 0 bridgehead atoms. The molecule has 5 nitrogen and oxygen atoms in total. The van der Waals surface area contributed by atoms with Gasteiger partial charge in [0.1, 0.15) is 6.10 Å². The van der Waals surface area contributed by atoms with Crippen molar-refractivity contribution >= 4 is 5.91 Å². The van der Waals surface area contributed by atoms with Crippen LogP contribution in [0.15, 0.2) is 12.2 Å². The molecular weight excluding hydrogens is 727 g/mol. The van der Waals surface area contributed by atoms with Crippen molar-refractivity contribution in [2.24, 2.45) is 0 Å². The zero-order valence-corrected chi connectivity index (χ0v) is 40.2. The number of carbonyl (C=O) groups is 1. The van der Waals surface area contributed by atoms with Gasteiger partial charge in [-0.1, -0.05) is 270 Å². The zero-order valence-electron chi connectivity index (χ0n) is 40.2.